The van der Waals surface area contributed by atoms with Gasteiger partial charge in [-0.3, -0.25) is 4.99 Å². The topological polar surface area (TPSA) is 35.8 Å². The number of aliphatic imine (C=N–C) groups is 1. The van der Waals surface area contributed by atoms with Crippen LogP contribution >= 0.6 is 11.8 Å². The van der Waals surface area contributed by atoms with Crippen molar-refractivity contribution in [3.8, 4) is 0 Å². The second kappa shape index (κ2) is 6.81. The molecule has 0 radical (unpaired) electrons. The van der Waals surface area contributed by atoms with Crippen molar-refractivity contribution in [3.05, 3.63) is 71.5 Å². The maximum Gasteiger partial charge on any atom is 0.161 e. The number of halogens is 1. The molecular formula is C20H21FN2OS. The van der Waals surface area contributed by atoms with Gasteiger partial charge in [0.15, 0.2) is 10.9 Å². The number of thioether (sulfide) groups is 1. The van der Waals surface area contributed by atoms with Crippen LogP contribution in [0.15, 0.2) is 59.6 Å². The predicted molar refractivity (Wildman–Crippen MR) is 100 cm³/mol. The van der Waals surface area contributed by atoms with Crippen molar-refractivity contribution >= 4 is 16.9 Å². The molecule has 0 bridgehead atoms. The molecule has 0 aliphatic carbocycles. The van der Waals surface area contributed by atoms with E-state index in [1.54, 1.807) is 23.9 Å². The number of nitrogens with zero attached hydrogens (tertiary/aromatic N) is 2. The van der Waals surface area contributed by atoms with Crippen molar-refractivity contribution in [2.24, 2.45) is 4.99 Å². The lowest BCUT2D eigenvalue weighted by Crippen LogP contribution is -2.52. The van der Waals surface area contributed by atoms with E-state index < -0.39 is 5.72 Å². The van der Waals surface area contributed by atoms with Crippen LogP contribution in [-0.4, -0.2) is 39.7 Å². The zero-order valence-corrected chi connectivity index (χ0v) is 14.8. The highest BCUT2D eigenvalue weighted by atomic mass is 32.2. The lowest BCUT2D eigenvalue weighted by atomic mass is 9.82. The van der Waals surface area contributed by atoms with E-state index in [2.05, 4.69) is 9.89 Å². The van der Waals surface area contributed by atoms with E-state index in [1.165, 1.54) is 12.1 Å². The average Bonchev–Trinajstić information content (AvgIpc) is 2.81. The summed E-state index contributed by atoms with van der Waals surface area (Å²) in [4.78, 5) is 6.71. The van der Waals surface area contributed by atoms with Gasteiger partial charge in [-0.05, 0) is 36.1 Å². The van der Waals surface area contributed by atoms with E-state index in [0.717, 1.165) is 42.2 Å². The number of hydrogen-bond donors (Lipinski definition) is 1. The summed E-state index contributed by atoms with van der Waals surface area (Å²) < 4.78 is 13.5. The van der Waals surface area contributed by atoms with E-state index in [9.17, 15) is 9.50 Å². The minimum Gasteiger partial charge on any atom is -0.369 e. The fourth-order valence-electron chi connectivity index (χ4n) is 3.74. The Morgan fingerprint density at radius 3 is 2.52 bits per heavy atom. The highest BCUT2D eigenvalue weighted by Gasteiger charge is 2.50. The summed E-state index contributed by atoms with van der Waals surface area (Å²) >= 11 is 1.62. The highest BCUT2D eigenvalue weighted by molar-refractivity contribution is 8.14. The standard InChI is InChI=1S/C20H21FN2OS/c21-17-10-8-16(9-11-17)18(15-6-2-1-3-7-15)20(24)14-25-19-22-12-4-5-13-23(19)20/h1-3,6-11,18,24H,4-5,12-14H2. The van der Waals surface area contributed by atoms with Gasteiger partial charge in [-0.2, -0.15) is 0 Å². The fourth-order valence-corrected chi connectivity index (χ4v) is 4.99. The smallest absolute Gasteiger partial charge is 0.161 e. The van der Waals surface area contributed by atoms with Crippen LogP contribution in [0.1, 0.15) is 29.9 Å². The van der Waals surface area contributed by atoms with Gasteiger partial charge >= 0.3 is 0 Å². The molecule has 2 aliphatic heterocycles. The number of hydrogen-bond acceptors (Lipinski definition) is 4. The van der Waals surface area contributed by atoms with Crippen LogP contribution in [0, 0.1) is 5.82 Å². The lowest BCUT2D eigenvalue weighted by molar-refractivity contribution is -0.0552. The quantitative estimate of drug-likeness (QED) is 0.907. The Balaban J connectivity index is 1.81. The first-order valence-corrected chi connectivity index (χ1v) is 9.65. The molecule has 2 atom stereocenters. The molecule has 0 aromatic heterocycles. The van der Waals surface area contributed by atoms with Crippen LogP contribution in [0.3, 0.4) is 0 Å². The van der Waals surface area contributed by atoms with Crippen molar-refractivity contribution < 1.29 is 9.50 Å². The molecule has 0 spiro atoms. The normalized spacial score (nSPS) is 24.4. The molecule has 1 saturated heterocycles. The molecule has 1 fully saturated rings. The van der Waals surface area contributed by atoms with Gasteiger partial charge in [-0.1, -0.05) is 54.2 Å². The maximum absolute atomic E-state index is 13.5. The van der Waals surface area contributed by atoms with Gasteiger partial charge in [0.2, 0.25) is 0 Å². The Kier molecular flexibility index (Phi) is 4.52. The first-order valence-electron chi connectivity index (χ1n) is 8.66. The van der Waals surface area contributed by atoms with Crippen molar-refractivity contribution in [1.82, 2.24) is 4.90 Å². The molecule has 0 amide bonds. The summed E-state index contributed by atoms with van der Waals surface area (Å²) in [5.41, 5.74) is 0.886. The minimum absolute atomic E-state index is 0.257. The molecule has 130 valence electrons. The van der Waals surface area contributed by atoms with Gasteiger partial charge < -0.3 is 10.0 Å². The summed E-state index contributed by atoms with van der Waals surface area (Å²) in [6.07, 6.45) is 2.06. The van der Waals surface area contributed by atoms with Crippen molar-refractivity contribution in [1.29, 1.82) is 0 Å². The maximum atomic E-state index is 13.5. The summed E-state index contributed by atoms with van der Waals surface area (Å²) in [5.74, 6) is 0.0379. The first kappa shape index (κ1) is 16.6. The molecule has 2 aromatic rings. The molecule has 3 nitrogen and oxygen atoms in total. The molecule has 4 rings (SSSR count). The zero-order valence-electron chi connectivity index (χ0n) is 13.9. The van der Waals surface area contributed by atoms with Crippen LogP contribution < -0.4 is 0 Å². The SMILES string of the molecule is OC1(C(c2ccccc2)c2ccc(F)cc2)CSC2=NCCCCN21. The number of aliphatic hydroxyl groups is 1. The molecule has 2 unspecified atom stereocenters. The molecule has 5 heteroatoms. The third kappa shape index (κ3) is 3.07. The van der Waals surface area contributed by atoms with Crippen LogP contribution in [0.4, 0.5) is 4.39 Å². The zero-order chi connectivity index (χ0) is 17.3. The number of rotatable bonds is 3. The van der Waals surface area contributed by atoms with E-state index in [4.69, 9.17) is 0 Å². The van der Waals surface area contributed by atoms with Crippen LogP contribution in [0.2, 0.25) is 0 Å². The summed E-state index contributed by atoms with van der Waals surface area (Å²) in [6, 6.07) is 16.5. The summed E-state index contributed by atoms with van der Waals surface area (Å²) in [7, 11) is 0. The van der Waals surface area contributed by atoms with E-state index >= 15 is 0 Å². The van der Waals surface area contributed by atoms with Crippen LogP contribution in [-0.2, 0) is 0 Å². The molecule has 2 aromatic carbocycles. The minimum atomic E-state index is -1.06. The lowest BCUT2D eigenvalue weighted by Gasteiger charge is -2.40. The Bertz CT molecular complexity index is 765. The third-order valence-electron chi connectivity index (χ3n) is 4.95. The Morgan fingerprint density at radius 1 is 1.04 bits per heavy atom. The van der Waals surface area contributed by atoms with Gasteiger partial charge in [-0.15, -0.1) is 0 Å². The second-order valence-corrected chi connectivity index (χ2v) is 7.53. The van der Waals surface area contributed by atoms with Gasteiger partial charge in [-0.25, -0.2) is 4.39 Å². The molecule has 0 saturated carbocycles. The van der Waals surface area contributed by atoms with Gasteiger partial charge in [0.05, 0.1) is 5.92 Å². The Labute approximate surface area is 151 Å². The molecular weight excluding hydrogens is 335 g/mol. The first-order chi connectivity index (χ1) is 12.2. The number of benzene rings is 2. The summed E-state index contributed by atoms with van der Waals surface area (Å²) in [6.45, 7) is 1.62. The predicted octanol–water partition coefficient (Wildman–Crippen LogP) is 3.84. The van der Waals surface area contributed by atoms with Crippen LogP contribution in [0.5, 0.6) is 0 Å². The van der Waals surface area contributed by atoms with Crippen LogP contribution in [0.25, 0.3) is 0 Å². The monoisotopic (exact) mass is 356 g/mol. The number of fused-ring (bicyclic) bond motifs is 1. The van der Waals surface area contributed by atoms with Crippen molar-refractivity contribution in [2.45, 2.75) is 24.5 Å². The largest absolute Gasteiger partial charge is 0.369 e. The second-order valence-electron chi connectivity index (χ2n) is 6.59. The van der Waals surface area contributed by atoms with Gasteiger partial charge in [0.25, 0.3) is 0 Å². The summed E-state index contributed by atoms with van der Waals surface area (Å²) in [5, 5.41) is 12.7. The molecule has 1 N–H and O–H groups in total. The molecule has 2 aliphatic rings. The van der Waals surface area contributed by atoms with Crippen molar-refractivity contribution in [2.75, 3.05) is 18.8 Å². The Morgan fingerprint density at radius 2 is 1.76 bits per heavy atom. The van der Waals surface area contributed by atoms with Gasteiger partial charge in [0.1, 0.15) is 5.82 Å². The fraction of sp³-hybridized carbons (Fsp3) is 0.350. The average molecular weight is 356 g/mol. The third-order valence-corrected chi connectivity index (χ3v) is 6.12. The Hall–Kier alpha value is -1.85. The van der Waals surface area contributed by atoms with E-state index in [1.807, 2.05) is 30.3 Å². The van der Waals surface area contributed by atoms with Gasteiger partial charge in [0, 0.05) is 18.8 Å². The highest BCUT2D eigenvalue weighted by Crippen LogP contribution is 2.45. The molecule has 25 heavy (non-hydrogen) atoms. The molecule has 2 heterocycles. The van der Waals surface area contributed by atoms with Crippen molar-refractivity contribution in [3.63, 3.8) is 0 Å². The van der Waals surface area contributed by atoms with E-state index in [-0.39, 0.29) is 11.7 Å². The number of amidine groups is 1. The van der Waals surface area contributed by atoms with E-state index in [0.29, 0.717) is 5.75 Å².